The normalized spacial score (nSPS) is 10.6. The molecule has 0 fully saturated rings. The van der Waals surface area contributed by atoms with E-state index in [9.17, 15) is 4.79 Å². The van der Waals surface area contributed by atoms with Gasteiger partial charge in [0.1, 0.15) is 5.76 Å². The van der Waals surface area contributed by atoms with Gasteiger partial charge in [0.25, 0.3) is 0 Å². The summed E-state index contributed by atoms with van der Waals surface area (Å²) in [5, 5.41) is 0. The summed E-state index contributed by atoms with van der Waals surface area (Å²) < 4.78 is 5.35. The summed E-state index contributed by atoms with van der Waals surface area (Å²) >= 11 is 0. The average Bonchev–Trinajstić information content (AvgIpc) is 2.82. The molecule has 18 heavy (non-hydrogen) atoms. The first-order valence-corrected chi connectivity index (χ1v) is 5.98. The van der Waals surface area contributed by atoms with Crippen LogP contribution in [0.2, 0.25) is 0 Å². The molecule has 0 bridgehead atoms. The number of Topliss-reactive ketones (excluding diaryl/α,β-unsaturated/α-hetero) is 1. The van der Waals surface area contributed by atoms with Crippen LogP contribution in [-0.4, -0.2) is 5.78 Å². The number of hydrogen-bond acceptors (Lipinski definition) is 3. The quantitative estimate of drug-likeness (QED) is 0.840. The van der Waals surface area contributed by atoms with Gasteiger partial charge in [-0.25, -0.2) is 0 Å². The van der Waals surface area contributed by atoms with Crippen LogP contribution in [0, 0.1) is 13.8 Å². The van der Waals surface area contributed by atoms with E-state index in [0.29, 0.717) is 24.5 Å². The van der Waals surface area contributed by atoms with E-state index in [-0.39, 0.29) is 5.78 Å². The van der Waals surface area contributed by atoms with Gasteiger partial charge in [0, 0.05) is 6.42 Å². The summed E-state index contributed by atoms with van der Waals surface area (Å²) in [4.78, 5) is 12.0. The molecule has 0 atom stereocenters. The molecule has 0 spiro atoms. The predicted molar refractivity (Wildman–Crippen MR) is 70.5 cm³/mol. The van der Waals surface area contributed by atoms with E-state index in [4.69, 9.17) is 10.2 Å². The molecule has 2 rings (SSSR count). The molecule has 1 aromatic heterocycles. The first-order valence-electron chi connectivity index (χ1n) is 5.98. The van der Waals surface area contributed by atoms with Gasteiger partial charge >= 0.3 is 0 Å². The topological polar surface area (TPSA) is 56.2 Å². The van der Waals surface area contributed by atoms with Crippen molar-refractivity contribution in [3.8, 4) is 0 Å². The Morgan fingerprint density at radius 1 is 1.17 bits per heavy atom. The van der Waals surface area contributed by atoms with Crippen LogP contribution >= 0.6 is 0 Å². The van der Waals surface area contributed by atoms with Crippen molar-refractivity contribution in [2.24, 2.45) is 5.73 Å². The second-order valence-corrected chi connectivity index (χ2v) is 4.49. The fraction of sp³-hybridized carbons (Fsp3) is 0.267. The van der Waals surface area contributed by atoms with Crippen LogP contribution in [0.4, 0.5) is 0 Å². The minimum absolute atomic E-state index is 0.0158. The van der Waals surface area contributed by atoms with Gasteiger partial charge in [-0.3, -0.25) is 4.79 Å². The van der Waals surface area contributed by atoms with Crippen LogP contribution in [0.15, 0.2) is 34.7 Å². The number of ketones is 1. The van der Waals surface area contributed by atoms with Crippen molar-refractivity contribution >= 4 is 5.78 Å². The second-order valence-electron chi connectivity index (χ2n) is 4.49. The highest BCUT2D eigenvalue weighted by Gasteiger charge is 2.11. The summed E-state index contributed by atoms with van der Waals surface area (Å²) in [6.45, 7) is 4.42. The highest BCUT2D eigenvalue weighted by molar-refractivity contribution is 5.95. The molecular weight excluding hydrogens is 226 g/mol. The van der Waals surface area contributed by atoms with E-state index >= 15 is 0 Å². The van der Waals surface area contributed by atoms with Gasteiger partial charge < -0.3 is 10.2 Å². The maximum Gasteiger partial charge on any atom is 0.202 e. The lowest BCUT2D eigenvalue weighted by Gasteiger charge is -2.03. The molecule has 0 unspecified atom stereocenters. The summed E-state index contributed by atoms with van der Waals surface area (Å²) in [6.07, 6.45) is 0.360. The zero-order valence-corrected chi connectivity index (χ0v) is 10.7. The predicted octanol–water partition coefficient (Wildman–Crippen LogP) is 2.78. The molecule has 0 aliphatic carbocycles. The van der Waals surface area contributed by atoms with Crippen molar-refractivity contribution < 1.29 is 9.21 Å². The molecule has 0 aliphatic heterocycles. The van der Waals surface area contributed by atoms with Gasteiger partial charge in [0.2, 0.25) is 5.78 Å². The minimum atomic E-state index is -0.0158. The number of rotatable bonds is 4. The van der Waals surface area contributed by atoms with Crippen molar-refractivity contribution in [1.29, 1.82) is 0 Å². The molecule has 3 nitrogen and oxygen atoms in total. The summed E-state index contributed by atoms with van der Waals surface area (Å²) in [5.41, 5.74) is 8.88. The van der Waals surface area contributed by atoms with Crippen molar-refractivity contribution in [3.05, 3.63) is 58.5 Å². The van der Waals surface area contributed by atoms with Gasteiger partial charge in [-0.05, 0) is 42.7 Å². The second kappa shape index (κ2) is 5.19. The fourth-order valence-electron chi connectivity index (χ4n) is 1.82. The van der Waals surface area contributed by atoms with Crippen LogP contribution in [-0.2, 0) is 13.0 Å². The fourth-order valence-corrected chi connectivity index (χ4v) is 1.82. The molecule has 0 aliphatic rings. The van der Waals surface area contributed by atoms with Crippen LogP contribution < -0.4 is 5.73 Å². The van der Waals surface area contributed by atoms with Crippen LogP contribution in [0.3, 0.4) is 0 Å². The van der Waals surface area contributed by atoms with Gasteiger partial charge in [0.05, 0.1) is 6.54 Å². The molecule has 3 heteroatoms. The Balaban J connectivity index is 2.13. The Bertz CT molecular complexity index is 570. The van der Waals surface area contributed by atoms with E-state index in [1.165, 1.54) is 11.1 Å². The standard InChI is InChI=1S/C15H17NO2/c1-10-3-4-12(7-11(10)2)8-14(17)15-6-5-13(9-16)18-15/h3-7H,8-9,16H2,1-2H3. The summed E-state index contributed by atoms with van der Waals surface area (Å²) in [5.74, 6) is 1.00. The molecule has 1 heterocycles. The maximum absolute atomic E-state index is 12.0. The Morgan fingerprint density at radius 2 is 1.94 bits per heavy atom. The zero-order chi connectivity index (χ0) is 13.1. The largest absolute Gasteiger partial charge is 0.457 e. The molecule has 0 saturated carbocycles. The van der Waals surface area contributed by atoms with Crippen LogP contribution in [0.1, 0.15) is 33.0 Å². The highest BCUT2D eigenvalue weighted by Crippen LogP contribution is 2.14. The van der Waals surface area contributed by atoms with Gasteiger partial charge in [-0.2, -0.15) is 0 Å². The van der Waals surface area contributed by atoms with Crippen LogP contribution in [0.5, 0.6) is 0 Å². The summed E-state index contributed by atoms with van der Waals surface area (Å²) in [7, 11) is 0. The molecule has 0 radical (unpaired) electrons. The average molecular weight is 243 g/mol. The van der Waals surface area contributed by atoms with E-state index in [1.54, 1.807) is 12.1 Å². The number of aryl methyl sites for hydroxylation is 2. The number of nitrogens with two attached hydrogens (primary N) is 1. The SMILES string of the molecule is Cc1ccc(CC(=O)c2ccc(CN)o2)cc1C. The lowest BCUT2D eigenvalue weighted by molar-refractivity contribution is 0.0964. The molecule has 0 saturated heterocycles. The van der Waals surface area contributed by atoms with Crippen molar-refractivity contribution in [2.45, 2.75) is 26.8 Å². The Labute approximate surface area is 107 Å². The van der Waals surface area contributed by atoms with E-state index in [0.717, 1.165) is 5.56 Å². The lowest BCUT2D eigenvalue weighted by atomic mass is 10.0. The third-order valence-electron chi connectivity index (χ3n) is 3.07. The Kier molecular flexibility index (Phi) is 3.63. The maximum atomic E-state index is 12.0. The third kappa shape index (κ3) is 2.68. The van der Waals surface area contributed by atoms with Gasteiger partial charge in [0.15, 0.2) is 5.76 Å². The molecular formula is C15H17NO2. The first kappa shape index (κ1) is 12.6. The molecule has 0 amide bonds. The smallest absolute Gasteiger partial charge is 0.202 e. The van der Waals surface area contributed by atoms with E-state index in [1.807, 2.05) is 25.1 Å². The van der Waals surface area contributed by atoms with Crippen molar-refractivity contribution in [3.63, 3.8) is 0 Å². The number of carbonyl (C=O) groups excluding carboxylic acids is 1. The molecule has 94 valence electrons. The lowest BCUT2D eigenvalue weighted by Crippen LogP contribution is -2.03. The Hall–Kier alpha value is -1.87. The first-order chi connectivity index (χ1) is 8.60. The van der Waals surface area contributed by atoms with E-state index < -0.39 is 0 Å². The summed E-state index contributed by atoms with van der Waals surface area (Å²) in [6, 6.07) is 9.48. The van der Waals surface area contributed by atoms with Crippen LogP contribution in [0.25, 0.3) is 0 Å². The molecule has 2 aromatic rings. The number of hydrogen-bond donors (Lipinski definition) is 1. The van der Waals surface area contributed by atoms with Gasteiger partial charge in [-0.15, -0.1) is 0 Å². The molecule has 2 N–H and O–H groups in total. The highest BCUT2D eigenvalue weighted by atomic mass is 16.3. The van der Waals surface area contributed by atoms with Gasteiger partial charge in [-0.1, -0.05) is 18.2 Å². The Morgan fingerprint density at radius 3 is 2.56 bits per heavy atom. The van der Waals surface area contributed by atoms with Crippen molar-refractivity contribution in [1.82, 2.24) is 0 Å². The molecule has 1 aromatic carbocycles. The number of benzene rings is 1. The third-order valence-corrected chi connectivity index (χ3v) is 3.07. The minimum Gasteiger partial charge on any atom is -0.457 e. The number of carbonyl (C=O) groups is 1. The zero-order valence-electron chi connectivity index (χ0n) is 10.7. The van der Waals surface area contributed by atoms with E-state index in [2.05, 4.69) is 6.92 Å². The monoisotopic (exact) mass is 243 g/mol. The number of furan rings is 1. The van der Waals surface area contributed by atoms with Crippen molar-refractivity contribution in [2.75, 3.05) is 0 Å².